The third-order valence-electron chi connectivity index (χ3n) is 13.9. The standard InChI is InChI=1S/C45H57BrO6/c1-27(2)8-7-9-28(3)37-18-19-38-35-16-10-30-24-34(20-22-44(30,5)39(35)21-23-45(37,38)6)51-41(47)26-49-33-15-17-36-40(25-33)50-29(4)43(42(36)48)52-32-13-11-31(46)12-14-32/h10-15,17,25,27-28,34-35,37-39H,7-9,16,18-24,26H2,1-6H3/t28-,34+,35+,37-,38+,39+,44+,45-/m1/s1. The Labute approximate surface area is 318 Å². The fourth-order valence-corrected chi connectivity index (χ4v) is 11.5. The molecule has 8 atom stereocenters. The number of halogens is 1. The first-order valence-electron chi connectivity index (χ1n) is 19.9. The summed E-state index contributed by atoms with van der Waals surface area (Å²) in [6, 6.07) is 12.2. The lowest BCUT2D eigenvalue weighted by Crippen LogP contribution is -2.51. The molecule has 7 rings (SSSR count). The minimum Gasteiger partial charge on any atom is -0.482 e. The van der Waals surface area contributed by atoms with Crippen molar-refractivity contribution in [2.75, 3.05) is 6.61 Å². The molecule has 0 unspecified atom stereocenters. The van der Waals surface area contributed by atoms with Gasteiger partial charge in [0.25, 0.3) is 0 Å². The summed E-state index contributed by atoms with van der Waals surface area (Å²) in [5, 5.41) is 0.378. The minimum atomic E-state index is -0.369. The highest BCUT2D eigenvalue weighted by Gasteiger charge is 2.59. The number of benzene rings is 2. The Bertz CT molecular complexity index is 1860. The molecule has 280 valence electrons. The van der Waals surface area contributed by atoms with Gasteiger partial charge in [0.2, 0.25) is 11.2 Å². The van der Waals surface area contributed by atoms with Gasteiger partial charge in [0.05, 0.1) is 5.39 Å². The van der Waals surface area contributed by atoms with Gasteiger partial charge in [-0.2, -0.15) is 0 Å². The van der Waals surface area contributed by atoms with Crippen LogP contribution < -0.4 is 14.9 Å². The van der Waals surface area contributed by atoms with Crippen LogP contribution in [-0.2, 0) is 9.53 Å². The summed E-state index contributed by atoms with van der Waals surface area (Å²) >= 11 is 3.41. The van der Waals surface area contributed by atoms with Crippen LogP contribution >= 0.6 is 15.9 Å². The van der Waals surface area contributed by atoms with E-state index in [1.54, 1.807) is 37.3 Å². The van der Waals surface area contributed by atoms with Crippen LogP contribution in [0.4, 0.5) is 0 Å². The SMILES string of the molecule is Cc1oc2cc(OCC(=O)O[C@H]3CC[C@@]4(C)C(=CC[C@H]5[C@@H]6CC[C@H]([C@H](C)CCCC(C)C)[C@@]6(C)CC[C@@H]54)C3)ccc2c(=O)c1Oc1ccc(Br)cc1. The Hall–Kier alpha value is -3.06. The molecule has 1 heterocycles. The van der Waals surface area contributed by atoms with Gasteiger partial charge in [0, 0.05) is 17.0 Å². The van der Waals surface area contributed by atoms with Crippen LogP contribution in [0.15, 0.2) is 67.8 Å². The second kappa shape index (κ2) is 15.0. The highest BCUT2D eigenvalue weighted by molar-refractivity contribution is 9.10. The van der Waals surface area contributed by atoms with E-state index in [1.165, 1.54) is 56.9 Å². The van der Waals surface area contributed by atoms with Crippen LogP contribution in [-0.4, -0.2) is 18.7 Å². The zero-order valence-electron chi connectivity index (χ0n) is 32.0. The molecule has 3 saturated carbocycles. The maximum Gasteiger partial charge on any atom is 0.344 e. The molecule has 52 heavy (non-hydrogen) atoms. The van der Waals surface area contributed by atoms with Gasteiger partial charge < -0.3 is 18.6 Å². The fourth-order valence-electron chi connectivity index (χ4n) is 11.2. The van der Waals surface area contributed by atoms with Crippen molar-refractivity contribution in [3.63, 3.8) is 0 Å². The van der Waals surface area contributed by atoms with Crippen LogP contribution in [0.1, 0.15) is 111 Å². The summed E-state index contributed by atoms with van der Waals surface area (Å²) in [5.74, 6) is 5.98. The molecular formula is C45H57BrO6. The normalized spacial score (nSPS) is 30.2. The van der Waals surface area contributed by atoms with Gasteiger partial charge in [0.15, 0.2) is 6.61 Å². The summed E-state index contributed by atoms with van der Waals surface area (Å²) < 4.78 is 24.6. The van der Waals surface area contributed by atoms with E-state index >= 15 is 0 Å². The first-order chi connectivity index (χ1) is 24.9. The quantitative estimate of drug-likeness (QED) is 0.143. The first-order valence-corrected chi connectivity index (χ1v) is 20.7. The van der Waals surface area contributed by atoms with E-state index in [4.69, 9.17) is 18.6 Å². The van der Waals surface area contributed by atoms with Crippen LogP contribution in [0.3, 0.4) is 0 Å². The van der Waals surface area contributed by atoms with Crippen LogP contribution in [0.25, 0.3) is 11.0 Å². The van der Waals surface area contributed by atoms with Crippen molar-refractivity contribution in [1.82, 2.24) is 0 Å². The van der Waals surface area contributed by atoms with Gasteiger partial charge in [-0.05, 0) is 135 Å². The lowest BCUT2D eigenvalue weighted by atomic mass is 9.47. The van der Waals surface area contributed by atoms with Gasteiger partial charge in [-0.3, -0.25) is 4.79 Å². The van der Waals surface area contributed by atoms with Crippen molar-refractivity contribution in [1.29, 1.82) is 0 Å². The Balaban J connectivity index is 0.944. The average Bonchev–Trinajstić information content (AvgIpc) is 3.47. The molecule has 7 heteroatoms. The molecule has 0 bridgehead atoms. The smallest absolute Gasteiger partial charge is 0.344 e. The van der Waals surface area contributed by atoms with E-state index in [2.05, 4.69) is 56.6 Å². The predicted molar refractivity (Wildman–Crippen MR) is 210 cm³/mol. The molecule has 1 aromatic heterocycles. The summed E-state index contributed by atoms with van der Waals surface area (Å²) in [6.45, 7) is 13.9. The van der Waals surface area contributed by atoms with Crippen molar-refractivity contribution in [3.05, 3.63) is 74.6 Å². The number of fused-ring (bicyclic) bond motifs is 6. The van der Waals surface area contributed by atoms with E-state index in [9.17, 15) is 9.59 Å². The minimum absolute atomic E-state index is 0.121. The lowest BCUT2D eigenvalue weighted by Gasteiger charge is -2.58. The highest BCUT2D eigenvalue weighted by atomic mass is 79.9. The molecule has 0 saturated heterocycles. The number of carbonyl (C=O) groups excluding carboxylic acids is 1. The molecule has 4 aliphatic carbocycles. The average molecular weight is 774 g/mol. The third-order valence-corrected chi connectivity index (χ3v) is 14.5. The molecule has 2 aromatic carbocycles. The van der Waals surface area contributed by atoms with E-state index in [1.807, 2.05) is 12.1 Å². The van der Waals surface area contributed by atoms with Gasteiger partial charge in [-0.25, -0.2) is 4.79 Å². The van der Waals surface area contributed by atoms with Crippen molar-refractivity contribution < 1.29 is 23.4 Å². The van der Waals surface area contributed by atoms with Crippen molar-refractivity contribution in [2.45, 2.75) is 118 Å². The molecule has 4 aliphatic rings. The summed E-state index contributed by atoms with van der Waals surface area (Å²) in [7, 11) is 0. The van der Waals surface area contributed by atoms with Crippen molar-refractivity contribution in [2.24, 2.45) is 46.3 Å². The van der Waals surface area contributed by atoms with E-state index in [0.717, 1.165) is 59.2 Å². The topological polar surface area (TPSA) is 75.0 Å². The molecule has 3 aromatic rings. The van der Waals surface area contributed by atoms with Crippen LogP contribution in [0, 0.1) is 53.3 Å². The number of esters is 1. The monoisotopic (exact) mass is 772 g/mol. The molecule has 6 nitrogen and oxygen atoms in total. The zero-order valence-corrected chi connectivity index (χ0v) is 33.6. The first kappa shape index (κ1) is 37.3. The Morgan fingerprint density at radius 3 is 2.50 bits per heavy atom. The maximum atomic E-state index is 13.3. The van der Waals surface area contributed by atoms with Crippen LogP contribution in [0.2, 0.25) is 0 Å². The zero-order chi connectivity index (χ0) is 36.8. The van der Waals surface area contributed by atoms with E-state index < -0.39 is 0 Å². The molecule has 0 radical (unpaired) electrons. The predicted octanol–water partition coefficient (Wildman–Crippen LogP) is 12.0. The van der Waals surface area contributed by atoms with E-state index in [-0.39, 0.29) is 35.3 Å². The Morgan fingerprint density at radius 2 is 1.73 bits per heavy atom. The molecule has 0 aliphatic heterocycles. The maximum absolute atomic E-state index is 13.3. The van der Waals surface area contributed by atoms with E-state index in [0.29, 0.717) is 33.6 Å². The molecular weight excluding hydrogens is 716 g/mol. The van der Waals surface area contributed by atoms with Gasteiger partial charge in [0.1, 0.15) is 28.9 Å². The van der Waals surface area contributed by atoms with Gasteiger partial charge in [-0.1, -0.05) is 81.5 Å². The molecule has 0 amide bonds. The number of hydrogen-bond acceptors (Lipinski definition) is 6. The van der Waals surface area contributed by atoms with Gasteiger partial charge >= 0.3 is 5.97 Å². The number of carbonyl (C=O) groups is 1. The number of hydrogen-bond donors (Lipinski definition) is 0. The highest BCUT2D eigenvalue weighted by Crippen LogP contribution is 2.67. The Morgan fingerprint density at radius 1 is 0.962 bits per heavy atom. The summed E-state index contributed by atoms with van der Waals surface area (Å²) in [6.07, 6.45) is 16.1. The van der Waals surface area contributed by atoms with Crippen molar-refractivity contribution >= 4 is 32.9 Å². The number of ether oxygens (including phenoxy) is 3. The number of rotatable bonds is 11. The lowest BCUT2D eigenvalue weighted by molar-refractivity contribution is -0.153. The summed E-state index contributed by atoms with van der Waals surface area (Å²) in [5.41, 5.74) is 2.32. The Kier molecular flexibility index (Phi) is 10.7. The van der Waals surface area contributed by atoms with Crippen LogP contribution in [0.5, 0.6) is 17.2 Å². The summed E-state index contributed by atoms with van der Waals surface area (Å²) in [4.78, 5) is 26.3. The molecule has 3 fully saturated rings. The fraction of sp³-hybridized carbons (Fsp3) is 0.600. The molecule has 0 spiro atoms. The largest absolute Gasteiger partial charge is 0.482 e. The number of aryl methyl sites for hydroxylation is 1. The second-order valence-electron chi connectivity index (χ2n) is 17.5. The number of allylic oxidation sites excluding steroid dienone is 1. The molecule has 0 N–H and O–H groups in total. The van der Waals surface area contributed by atoms with Gasteiger partial charge in [-0.15, -0.1) is 0 Å². The third kappa shape index (κ3) is 7.24. The van der Waals surface area contributed by atoms with Crippen molar-refractivity contribution in [3.8, 4) is 17.2 Å². The second-order valence-corrected chi connectivity index (χ2v) is 18.4.